The molecule has 0 heterocycles. The highest BCUT2D eigenvalue weighted by Gasteiger charge is 2.44. The molecular formula is C21H30F2O2. The Kier molecular flexibility index (Phi) is 6.19. The van der Waals surface area contributed by atoms with Crippen LogP contribution >= 0.6 is 0 Å². The Morgan fingerprint density at radius 1 is 0.920 bits per heavy atom. The van der Waals surface area contributed by atoms with Gasteiger partial charge in [0, 0.05) is 0 Å². The number of hydrogen-bond donors (Lipinski definition) is 0. The molecule has 2 nitrogen and oxygen atoms in total. The second-order valence-corrected chi connectivity index (χ2v) is 7.70. The third-order valence-corrected chi connectivity index (χ3v) is 6.37. The molecule has 140 valence electrons. The van der Waals surface area contributed by atoms with Gasteiger partial charge in [-0.05, 0) is 61.5 Å². The fourth-order valence-electron chi connectivity index (χ4n) is 5.04. The van der Waals surface area contributed by atoms with E-state index in [-0.39, 0.29) is 11.5 Å². The maximum atomic E-state index is 14.0. The van der Waals surface area contributed by atoms with Crippen LogP contribution in [0.2, 0.25) is 0 Å². The third kappa shape index (κ3) is 3.93. The monoisotopic (exact) mass is 352 g/mol. The van der Waals surface area contributed by atoms with Crippen LogP contribution in [-0.2, 0) is 0 Å². The Balaban J connectivity index is 1.54. The number of fused-ring (bicyclic) bond motifs is 1. The largest absolute Gasteiger partial charge is 0.494 e. The van der Waals surface area contributed by atoms with Crippen molar-refractivity contribution in [3.05, 3.63) is 23.8 Å². The van der Waals surface area contributed by atoms with E-state index in [9.17, 15) is 8.78 Å². The second-order valence-electron chi connectivity index (χ2n) is 7.70. The number of methoxy groups -OCH3 is 1. The quantitative estimate of drug-likeness (QED) is 0.535. The molecule has 0 radical (unpaired) electrons. The number of hydrogen-bond acceptors (Lipinski definition) is 2. The van der Waals surface area contributed by atoms with E-state index >= 15 is 0 Å². The van der Waals surface area contributed by atoms with Crippen LogP contribution in [0.25, 0.3) is 0 Å². The van der Waals surface area contributed by atoms with Gasteiger partial charge in [0.1, 0.15) is 0 Å². The average Bonchev–Trinajstić information content (AvgIpc) is 3.19. The van der Waals surface area contributed by atoms with E-state index in [1.165, 1.54) is 64.2 Å². The van der Waals surface area contributed by atoms with Gasteiger partial charge in [-0.2, -0.15) is 8.78 Å². The predicted molar refractivity (Wildman–Crippen MR) is 95.0 cm³/mol. The zero-order valence-electron chi connectivity index (χ0n) is 15.4. The number of rotatable bonds is 8. The first-order valence-electron chi connectivity index (χ1n) is 9.80. The molecule has 4 heteroatoms. The number of benzene rings is 1. The topological polar surface area (TPSA) is 18.5 Å². The van der Waals surface area contributed by atoms with Gasteiger partial charge in [-0.1, -0.05) is 32.6 Å². The van der Waals surface area contributed by atoms with E-state index in [1.807, 2.05) is 0 Å². The molecule has 2 aliphatic carbocycles. The Morgan fingerprint density at radius 2 is 1.56 bits per heavy atom. The van der Waals surface area contributed by atoms with Gasteiger partial charge >= 0.3 is 0 Å². The van der Waals surface area contributed by atoms with Crippen molar-refractivity contribution in [2.24, 2.45) is 23.7 Å². The summed E-state index contributed by atoms with van der Waals surface area (Å²) in [6.07, 6.45) is 10.4. The Morgan fingerprint density at radius 3 is 2.28 bits per heavy atom. The molecule has 4 unspecified atom stereocenters. The summed E-state index contributed by atoms with van der Waals surface area (Å²) in [6.45, 7) is 2.74. The minimum Gasteiger partial charge on any atom is -0.494 e. The lowest BCUT2D eigenvalue weighted by molar-refractivity contribution is 0.193. The summed E-state index contributed by atoms with van der Waals surface area (Å²) in [5.74, 6) is 0.873. The molecule has 0 spiro atoms. The van der Waals surface area contributed by atoms with Gasteiger partial charge in [-0.25, -0.2) is 0 Å². The van der Waals surface area contributed by atoms with Crippen LogP contribution in [0.3, 0.4) is 0 Å². The maximum absolute atomic E-state index is 14.0. The first kappa shape index (κ1) is 18.5. The zero-order chi connectivity index (χ0) is 17.8. The number of unbranched alkanes of at least 4 members (excludes halogenated alkanes) is 2. The van der Waals surface area contributed by atoms with Crippen LogP contribution in [0.4, 0.5) is 8.78 Å². The Bertz CT molecular complexity index is 575. The van der Waals surface area contributed by atoms with Crippen LogP contribution in [0.5, 0.6) is 11.5 Å². The summed E-state index contributed by atoms with van der Waals surface area (Å²) < 4.78 is 38.3. The third-order valence-electron chi connectivity index (χ3n) is 6.37. The highest BCUT2D eigenvalue weighted by molar-refractivity contribution is 5.34. The average molecular weight is 352 g/mol. The lowest BCUT2D eigenvalue weighted by Crippen LogP contribution is -2.19. The maximum Gasteiger partial charge on any atom is 0.204 e. The van der Waals surface area contributed by atoms with Crippen molar-refractivity contribution in [2.75, 3.05) is 13.7 Å². The van der Waals surface area contributed by atoms with E-state index in [2.05, 4.69) is 6.92 Å². The summed E-state index contributed by atoms with van der Waals surface area (Å²) in [7, 11) is 1.33. The van der Waals surface area contributed by atoms with Gasteiger partial charge in [0.05, 0.1) is 13.7 Å². The summed E-state index contributed by atoms with van der Waals surface area (Å²) in [5, 5.41) is 0. The molecule has 0 bridgehead atoms. The van der Waals surface area contributed by atoms with Crippen molar-refractivity contribution in [1.29, 1.82) is 0 Å². The van der Waals surface area contributed by atoms with Crippen molar-refractivity contribution < 1.29 is 18.3 Å². The Hall–Kier alpha value is -1.32. The van der Waals surface area contributed by atoms with Crippen molar-refractivity contribution in [3.63, 3.8) is 0 Å². The highest BCUT2D eigenvalue weighted by Crippen LogP contribution is 2.52. The molecular weight excluding hydrogens is 322 g/mol. The smallest absolute Gasteiger partial charge is 0.204 e. The molecule has 2 fully saturated rings. The van der Waals surface area contributed by atoms with Crippen molar-refractivity contribution in [3.8, 4) is 11.5 Å². The fraction of sp³-hybridized carbons (Fsp3) is 0.714. The molecule has 0 saturated heterocycles. The minimum atomic E-state index is -0.971. The lowest BCUT2D eigenvalue weighted by atomic mass is 9.86. The molecule has 1 aromatic rings. The highest BCUT2D eigenvalue weighted by atomic mass is 19.2. The number of ether oxygens (including phenoxy) is 2. The van der Waals surface area contributed by atoms with Crippen LogP contribution in [0.1, 0.15) is 58.3 Å². The van der Waals surface area contributed by atoms with E-state index in [0.717, 1.165) is 18.3 Å². The summed E-state index contributed by atoms with van der Waals surface area (Å²) in [5.41, 5.74) is 0. The fourth-order valence-corrected chi connectivity index (χ4v) is 5.04. The first-order valence-corrected chi connectivity index (χ1v) is 9.80. The number of halogens is 2. The molecule has 0 N–H and O–H groups in total. The standard InChI is InChI=1S/C21H30F2O2/c1-3-4-5-6-14-7-9-17-15(8-10-16(14)17)13-25-19-12-11-18(24-2)20(22)21(19)23/h11-12,14-17H,3-10,13H2,1-2H3. The lowest BCUT2D eigenvalue weighted by Gasteiger charge is -2.21. The van der Waals surface area contributed by atoms with Crippen molar-refractivity contribution in [1.82, 2.24) is 0 Å². The van der Waals surface area contributed by atoms with E-state index < -0.39 is 11.6 Å². The van der Waals surface area contributed by atoms with E-state index in [1.54, 1.807) is 0 Å². The Labute approximate surface area is 149 Å². The van der Waals surface area contributed by atoms with Crippen molar-refractivity contribution in [2.45, 2.75) is 58.3 Å². The van der Waals surface area contributed by atoms with Crippen LogP contribution in [0.15, 0.2) is 12.1 Å². The van der Waals surface area contributed by atoms with Crippen LogP contribution in [-0.4, -0.2) is 13.7 Å². The zero-order valence-corrected chi connectivity index (χ0v) is 15.4. The molecule has 25 heavy (non-hydrogen) atoms. The predicted octanol–water partition coefficient (Wildman–Crippen LogP) is 5.98. The molecule has 2 aliphatic rings. The van der Waals surface area contributed by atoms with Gasteiger partial charge < -0.3 is 9.47 Å². The summed E-state index contributed by atoms with van der Waals surface area (Å²) in [4.78, 5) is 0. The molecule has 0 aromatic heterocycles. The SMILES string of the molecule is CCCCCC1CCC2C(COc3ccc(OC)c(F)c3F)CCC12. The molecule has 2 saturated carbocycles. The van der Waals surface area contributed by atoms with Crippen molar-refractivity contribution >= 4 is 0 Å². The second kappa shape index (κ2) is 8.37. The molecule has 1 aromatic carbocycles. The summed E-state index contributed by atoms with van der Waals surface area (Å²) >= 11 is 0. The molecule has 0 aliphatic heterocycles. The molecule has 4 atom stereocenters. The van der Waals surface area contributed by atoms with Gasteiger partial charge in [-0.3, -0.25) is 0 Å². The van der Waals surface area contributed by atoms with Gasteiger partial charge in [0.15, 0.2) is 11.5 Å². The van der Waals surface area contributed by atoms with E-state index in [4.69, 9.17) is 9.47 Å². The summed E-state index contributed by atoms with van der Waals surface area (Å²) in [6, 6.07) is 2.89. The normalized spacial score (nSPS) is 28.2. The van der Waals surface area contributed by atoms with Crippen LogP contribution in [0, 0.1) is 35.3 Å². The first-order chi connectivity index (χ1) is 12.2. The van der Waals surface area contributed by atoms with Gasteiger partial charge in [0.2, 0.25) is 11.6 Å². The van der Waals surface area contributed by atoms with E-state index in [0.29, 0.717) is 18.4 Å². The van der Waals surface area contributed by atoms with Gasteiger partial charge in [0.25, 0.3) is 0 Å². The molecule has 3 rings (SSSR count). The minimum absolute atomic E-state index is 0.000701. The molecule has 0 amide bonds. The van der Waals surface area contributed by atoms with Crippen LogP contribution < -0.4 is 9.47 Å². The van der Waals surface area contributed by atoms with Gasteiger partial charge in [-0.15, -0.1) is 0 Å².